The summed E-state index contributed by atoms with van der Waals surface area (Å²) < 4.78 is 13.5. The lowest BCUT2D eigenvalue weighted by Gasteiger charge is -2.27. The molecule has 1 aliphatic rings. The number of anilines is 1. The third-order valence-corrected chi connectivity index (χ3v) is 3.67. The summed E-state index contributed by atoms with van der Waals surface area (Å²) in [6.45, 7) is 2.19. The van der Waals surface area contributed by atoms with E-state index >= 15 is 0 Å². The standard InChI is InChI=1S/C14H20FN3O/c1-9-4-2-5-10(8-9)17-14(19)11-6-3-7-12(15)13(11)18-16/h3,6-7,9-10,18H,2,4-5,8,16H2,1H3,(H,17,19). The molecule has 1 aromatic rings. The zero-order valence-corrected chi connectivity index (χ0v) is 11.1. The molecule has 0 spiro atoms. The Morgan fingerprint density at radius 3 is 2.89 bits per heavy atom. The predicted molar refractivity (Wildman–Crippen MR) is 73.1 cm³/mol. The van der Waals surface area contributed by atoms with Crippen LogP contribution in [0.15, 0.2) is 18.2 Å². The van der Waals surface area contributed by atoms with Crippen molar-refractivity contribution in [1.29, 1.82) is 0 Å². The molecule has 4 nitrogen and oxygen atoms in total. The van der Waals surface area contributed by atoms with Crippen LogP contribution >= 0.6 is 0 Å². The molecule has 0 aromatic heterocycles. The van der Waals surface area contributed by atoms with E-state index in [4.69, 9.17) is 5.84 Å². The highest BCUT2D eigenvalue weighted by molar-refractivity contribution is 5.99. The van der Waals surface area contributed by atoms with Gasteiger partial charge in [0.05, 0.1) is 11.3 Å². The van der Waals surface area contributed by atoms with E-state index in [9.17, 15) is 9.18 Å². The van der Waals surface area contributed by atoms with Gasteiger partial charge >= 0.3 is 0 Å². The van der Waals surface area contributed by atoms with Crippen LogP contribution in [0.2, 0.25) is 0 Å². The number of hydrogen-bond donors (Lipinski definition) is 3. The summed E-state index contributed by atoms with van der Waals surface area (Å²) in [6, 6.07) is 4.52. The third kappa shape index (κ3) is 3.23. The maximum Gasteiger partial charge on any atom is 0.253 e. The Bertz CT molecular complexity index is 464. The quantitative estimate of drug-likeness (QED) is 0.581. The van der Waals surface area contributed by atoms with Gasteiger partial charge in [-0.2, -0.15) is 0 Å². The Kier molecular flexibility index (Phi) is 4.37. The molecule has 0 radical (unpaired) electrons. The normalized spacial score (nSPS) is 22.9. The fourth-order valence-corrected chi connectivity index (χ4v) is 2.69. The molecule has 1 fully saturated rings. The number of halogens is 1. The molecule has 0 bridgehead atoms. The monoisotopic (exact) mass is 265 g/mol. The maximum absolute atomic E-state index is 13.5. The van der Waals surface area contributed by atoms with Gasteiger partial charge in [-0.25, -0.2) is 4.39 Å². The SMILES string of the molecule is CC1CCCC(NC(=O)c2cccc(F)c2NN)C1. The number of nitrogen functional groups attached to an aromatic ring is 1. The number of benzene rings is 1. The number of nitrogens with one attached hydrogen (secondary N) is 2. The minimum absolute atomic E-state index is 0.0452. The molecular formula is C14H20FN3O. The first kappa shape index (κ1) is 13.8. The van der Waals surface area contributed by atoms with Gasteiger partial charge in [0.25, 0.3) is 5.91 Å². The number of hydrazine groups is 1. The van der Waals surface area contributed by atoms with Crippen molar-refractivity contribution in [2.45, 2.75) is 38.6 Å². The van der Waals surface area contributed by atoms with Gasteiger partial charge in [-0.3, -0.25) is 10.6 Å². The number of carbonyl (C=O) groups excluding carboxylic acids is 1. The van der Waals surface area contributed by atoms with E-state index < -0.39 is 5.82 Å². The van der Waals surface area contributed by atoms with Crippen LogP contribution in [0.25, 0.3) is 0 Å². The lowest BCUT2D eigenvalue weighted by atomic mass is 9.87. The van der Waals surface area contributed by atoms with Crippen molar-refractivity contribution >= 4 is 11.6 Å². The highest BCUT2D eigenvalue weighted by Crippen LogP contribution is 2.24. The molecule has 2 atom stereocenters. The Morgan fingerprint density at radius 2 is 2.21 bits per heavy atom. The van der Waals surface area contributed by atoms with Crippen LogP contribution in [-0.4, -0.2) is 11.9 Å². The van der Waals surface area contributed by atoms with Crippen LogP contribution < -0.4 is 16.6 Å². The minimum Gasteiger partial charge on any atom is -0.349 e. The second kappa shape index (κ2) is 6.02. The number of hydrogen-bond acceptors (Lipinski definition) is 3. The lowest BCUT2D eigenvalue weighted by Crippen LogP contribution is -2.38. The van der Waals surface area contributed by atoms with Crippen molar-refractivity contribution in [1.82, 2.24) is 5.32 Å². The largest absolute Gasteiger partial charge is 0.349 e. The van der Waals surface area contributed by atoms with Gasteiger partial charge < -0.3 is 10.7 Å². The highest BCUT2D eigenvalue weighted by atomic mass is 19.1. The summed E-state index contributed by atoms with van der Waals surface area (Å²) in [7, 11) is 0. The number of para-hydroxylation sites is 1. The molecule has 0 saturated heterocycles. The molecular weight excluding hydrogens is 245 g/mol. The summed E-state index contributed by atoms with van der Waals surface area (Å²) in [5, 5.41) is 2.97. The fourth-order valence-electron chi connectivity index (χ4n) is 2.69. The summed E-state index contributed by atoms with van der Waals surface area (Å²) in [5.41, 5.74) is 2.55. The molecule has 1 amide bonds. The summed E-state index contributed by atoms with van der Waals surface area (Å²) in [5.74, 6) is 5.11. The Hall–Kier alpha value is -1.62. The first-order chi connectivity index (χ1) is 9.11. The summed E-state index contributed by atoms with van der Waals surface area (Å²) in [6.07, 6.45) is 4.29. The van der Waals surface area contributed by atoms with Crippen molar-refractivity contribution in [3.05, 3.63) is 29.6 Å². The van der Waals surface area contributed by atoms with Crippen LogP contribution in [0.3, 0.4) is 0 Å². The van der Waals surface area contributed by atoms with Gasteiger partial charge in [-0.05, 0) is 30.9 Å². The van der Waals surface area contributed by atoms with Crippen molar-refractivity contribution < 1.29 is 9.18 Å². The Morgan fingerprint density at radius 1 is 1.42 bits per heavy atom. The molecule has 4 N–H and O–H groups in total. The van der Waals surface area contributed by atoms with Crippen LogP contribution in [-0.2, 0) is 0 Å². The Balaban J connectivity index is 2.09. The van der Waals surface area contributed by atoms with Gasteiger partial charge in [0.1, 0.15) is 5.82 Å². The average molecular weight is 265 g/mol. The van der Waals surface area contributed by atoms with Crippen LogP contribution in [0.5, 0.6) is 0 Å². The van der Waals surface area contributed by atoms with Crippen molar-refractivity contribution in [3.8, 4) is 0 Å². The van der Waals surface area contributed by atoms with Crippen LogP contribution in [0, 0.1) is 11.7 Å². The topological polar surface area (TPSA) is 67.2 Å². The van der Waals surface area contributed by atoms with Gasteiger partial charge in [0.15, 0.2) is 0 Å². The highest BCUT2D eigenvalue weighted by Gasteiger charge is 2.22. The van der Waals surface area contributed by atoms with Crippen LogP contribution in [0.1, 0.15) is 43.0 Å². The van der Waals surface area contributed by atoms with E-state index in [1.54, 1.807) is 6.07 Å². The Labute approximate surface area is 112 Å². The predicted octanol–water partition coefficient (Wildman–Crippen LogP) is 2.42. The molecule has 2 unspecified atom stereocenters. The first-order valence-corrected chi connectivity index (χ1v) is 6.67. The number of nitrogens with two attached hydrogens (primary N) is 1. The number of amides is 1. The molecule has 1 saturated carbocycles. The van der Waals surface area contributed by atoms with Gasteiger partial charge in [-0.1, -0.05) is 25.8 Å². The van der Waals surface area contributed by atoms with Crippen molar-refractivity contribution in [2.75, 3.05) is 5.43 Å². The summed E-state index contributed by atoms with van der Waals surface area (Å²) >= 11 is 0. The summed E-state index contributed by atoms with van der Waals surface area (Å²) in [4.78, 5) is 12.2. The smallest absolute Gasteiger partial charge is 0.253 e. The van der Waals surface area contributed by atoms with Gasteiger partial charge in [-0.15, -0.1) is 0 Å². The molecule has 1 aromatic carbocycles. The minimum atomic E-state index is -0.521. The average Bonchev–Trinajstić information content (AvgIpc) is 2.38. The van der Waals surface area contributed by atoms with E-state index in [0.29, 0.717) is 5.92 Å². The molecule has 2 rings (SSSR count). The van der Waals surface area contributed by atoms with Crippen LogP contribution in [0.4, 0.5) is 10.1 Å². The lowest BCUT2D eigenvalue weighted by molar-refractivity contribution is 0.0922. The van der Waals surface area contributed by atoms with Crippen molar-refractivity contribution in [3.63, 3.8) is 0 Å². The molecule has 5 heteroatoms. The van der Waals surface area contributed by atoms with Gasteiger partial charge in [0.2, 0.25) is 0 Å². The molecule has 0 heterocycles. The second-order valence-corrected chi connectivity index (χ2v) is 5.25. The molecule has 1 aliphatic carbocycles. The number of carbonyl (C=O) groups is 1. The fraction of sp³-hybridized carbons (Fsp3) is 0.500. The van der Waals surface area contributed by atoms with E-state index in [1.807, 2.05) is 0 Å². The molecule has 0 aliphatic heterocycles. The van der Waals surface area contributed by atoms with Gasteiger partial charge in [0, 0.05) is 6.04 Å². The van der Waals surface area contributed by atoms with E-state index in [2.05, 4.69) is 17.7 Å². The third-order valence-electron chi connectivity index (χ3n) is 3.67. The molecule has 19 heavy (non-hydrogen) atoms. The zero-order chi connectivity index (χ0) is 13.8. The molecule has 104 valence electrons. The van der Waals surface area contributed by atoms with Crippen molar-refractivity contribution in [2.24, 2.45) is 11.8 Å². The second-order valence-electron chi connectivity index (χ2n) is 5.25. The van der Waals surface area contributed by atoms with E-state index in [0.717, 1.165) is 19.3 Å². The van der Waals surface area contributed by atoms with E-state index in [1.165, 1.54) is 18.6 Å². The maximum atomic E-state index is 13.5. The first-order valence-electron chi connectivity index (χ1n) is 6.67. The van der Waals surface area contributed by atoms with E-state index in [-0.39, 0.29) is 23.2 Å². The zero-order valence-electron chi connectivity index (χ0n) is 11.1. The number of rotatable bonds is 3.